The Labute approximate surface area is 104 Å². The molecule has 1 aliphatic carbocycles. The summed E-state index contributed by atoms with van der Waals surface area (Å²) in [6, 6.07) is 5.83. The number of carboxylic acids is 1. The Kier molecular flexibility index (Phi) is 2.66. The molecule has 2 heterocycles. The van der Waals surface area contributed by atoms with Gasteiger partial charge in [-0.05, 0) is 25.0 Å². The molecule has 2 N–H and O–H groups in total. The van der Waals surface area contributed by atoms with Crippen molar-refractivity contribution in [2.24, 2.45) is 0 Å². The fourth-order valence-electron chi connectivity index (χ4n) is 2.56. The molecule has 0 aliphatic heterocycles. The van der Waals surface area contributed by atoms with Gasteiger partial charge in [0.1, 0.15) is 5.65 Å². The number of nitrogens with one attached hydrogen (secondary N) is 1. The lowest BCUT2D eigenvalue weighted by atomic mass is 10.2. The standard InChI is InChI=1S/C13H15N3O2/c17-13(18)11-12(14-9-5-1-2-6-9)15-10-7-3-4-8-16(10)11/h3-4,7-9,14H,1-2,5-6H2,(H,17,18). The van der Waals surface area contributed by atoms with Crippen molar-refractivity contribution in [1.29, 1.82) is 0 Å². The number of hydrogen-bond donors (Lipinski definition) is 2. The van der Waals surface area contributed by atoms with E-state index in [1.54, 1.807) is 16.7 Å². The molecular weight excluding hydrogens is 230 g/mol. The van der Waals surface area contributed by atoms with Crippen LogP contribution in [0.3, 0.4) is 0 Å². The molecule has 0 aromatic carbocycles. The summed E-state index contributed by atoms with van der Waals surface area (Å²) in [6.07, 6.45) is 6.31. The normalized spacial score (nSPS) is 16.2. The fourth-order valence-corrected chi connectivity index (χ4v) is 2.56. The van der Waals surface area contributed by atoms with Crippen molar-refractivity contribution in [1.82, 2.24) is 9.38 Å². The lowest BCUT2D eigenvalue weighted by molar-refractivity contribution is 0.0690. The molecule has 94 valence electrons. The van der Waals surface area contributed by atoms with Gasteiger partial charge in [-0.2, -0.15) is 0 Å². The summed E-state index contributed by atoms with van der Waals surface area (Å²) >= 11 is 0. The zero-order valence-electron chi connectivity index (χ0n) is 9.97. The summed E-state index contributed by atoms with van der Waals surface area (Å²) in [5.74, 6) is -0.463. The van der Waals surface area contributed by atoms with Crippen LogP contribution in [0.25, 0.3) is 5.65 Å². The molecule has 5 heteroatoms. The highest BCUT2D eigenvalue weighted by atomic mass is 16.4. The maximum Gasteiger partial charge on any atom is 0.356 e. The van der Waals surface area contributed by atoms with Gasteiger partial charge in [0, 0.05) is 12.2 Å². The second kappa shape index (κ2) is 4.33. The summed E-state index contributed by atoms with van der Waals surface area (Å²) in [5, 5.41) is 12.6. The molecule has 18 heavy (non-hydrogen) atoms. The Balaban J connectivity index is 2.03. The number of nitrogens with zero attached hydrogens (tertiary/aromatic N) is 2. The molecule has 0 amide bonds. The van der Waals surface area contributed by atoms with Crippen LogP contribution in [0.15, 0.2) is 24.4 Å². The first-order valence-corrected chi connectivity index (χ1v) is 6.22. The van der Waals surface area contributed by atoms with Crippen LogP contribution in [0.1, 0.15) is 36.2 Å². The molecule has 0 spiro atoms. The van der Waals surface area contributed by atoms with E-state index in [4.69, 9.17) is 0 Å². The van der Waals surface area contributed by atoms with E-state index in [9.17, 15) is 9.90 Å². The maximum absolute atomic E-state index is 11.4. The van der Waals surface area contributed by atoms with Crippen molar-refractivity contribution in [3.8, 4) is 0 Å². The highest BCUT2D eigenvalue weighted by Crippen LogP contribution is 2.24. The topological polar surface area (TPSA) is 66.6 Å². The summed E-state index contributed by atoms with van der Waals surface area (Å²) in [6.45, 7) is 0. The Bertz CT molecular complexity index is 585. The molecule has 0 saturated heterocycles. The van der Waals surface area contributed by atoms with E-state index >= 15 is 0 Å². The third kappa shape index (κ3) is 1.81. The van der Waals surface area contributed by atoms with Crippen LogP contribution in [-0.2, 0) is 0 Å². The highest BCUT2D eigenvalue weighted by molar-refractivity contribution is 5.93. The van der Waals surface area contributed by atoms with E-state index in [1.165, 1.54) is 12.8 Å². The van der Waals surface area contributed by atoms with Crippen molar-refractivity contribution in [3.05, 3.63) is 30.1 Å². The van der Waals surface area contributed by atoms with E-state index in [1.807, 2.05) is 12.1 Å². The lowest BCUT2D eigenvalue weighted by Gasteiger charge is -2.11. The fraction of sp³-hybridized carbons (Fsp3) is 0.385. The van der Waals surface area contributed by atoms with Gasteiger partial charge in [-0.15, -0.1) is 0 Å². The van der Waals surface area contributed by atoms with Crippen molar-refractivity contribution in [2.75, 3.05) is 5.32 Å². The van der Waals surface area contributed by atoms with Crippen LogP contribution >= 0.6 is 0 Å². The van der Waals surface area contributed by atoms with Gasteiger partial charge >= 0.3 is 5.97 Å². The molecule has 0 unspecified atom stereocenters. The smallest absolute Gasteiger partial charge is 0.356 e. The first kappa shape index (κ1) is 11.1. The predicted molar refractivity (Wildman–Crippen MR) is 68.0 cm³/mol. The van der Waals surface area contributed by atoms with Crippen LogP contribution in [0.2, 0.25) is 0 Å². The molecular formula is C13H15N3O2. The minimum atomic E-state index is -0.950. The molecule has 3 rings (SSSR count). The van der Waals surface area contributed by atoms with Gasteiger partial charge in [-0.1, -0.05) is 18.9 Å². The molecule has 0 bridgehead atoms. The number of pyridine rings is 1. The van der Waals surface area contributed by atoms with Gasteiger partial charge in [0.25, 0.3) is 0 Å². The maximum atomic E-state index is 11.4. The third-order valence-electron chi connectivity index (χ3n) is 3.43. The Morgan fingerprint density at radius 1 is 1.39 bits per heavy atom. The average molecular weight is 245 g/mol. The number of aromatic nitrogens is 2. The van der Waals surface area contributed by atoms with Gasteiger partial charge in [0.05, 0.1) is 0 Å². The quantitative estimate of drug-likeness (QED) is 0.871. The highest BCUT2D eigenvalue weighted by Gasteiger charge is 2.22. The van der Waals surface area contributed by atoms with E-state index < -0.39 is 5.97 Å². The second-order valence-electron chi connectivity index (χ2n) is 4.67. The van der Waals surface area contributed by atoms with Crippen molar-refractivity contribution < 1.29 is 9.90 Å². The number of imidazole rings is 1. The Hall–Kier alpha value is -2.04. The number of anilines is 1. The molecule has 1 fully saturated rings. The van der Waals surface area contributed by atoms with Crippen molar-refractivity contribution in [2.45, 2.75) is 31.7 Å². The van der Waals surface area contributed by atoms with Gasteiger partial charge in [-0.25, -0.2) is 9.78 Å². The van der Waals surface area contributed by atoms with Crippen LogP contribution in [0.4, 0.5) is 5.82 Å². The molecule has 0 radical (unpaired) electrons. The summed E-state index contributed by atoms with van der Waals surface area (Å²) in [5.41, 5.74) is 0.882. The van der Waals surface area contributed by atoms with Crippen LogP contribution in [-0.4, -0.2) is 26.5 Å². The van der Waals surface area contributed by atoms with E-state index in [-0.39, 0.29) is 5.69 Å². The Morgan fingerprint density at radius 2 is 2.17 bits per heavy atom. The summed E-state index contributed by atoms with van der Waals surface area (Å²) in [4.78, 5) is 15.7. The number of rotatable bonds is 3. The molecule has 1 aliphatic rings. The van der Waals surface area contributed by atoms with Crippen LogP contribution in [0, 0.1) is 0 Å². The van der Waals surface area contributed by atoms with E-state index in [0.29, 0.717) is 17.5 Å². The largest absolute Gasteiger partial charge is 0.476 e. The number of aromatic carboxylic acids is 1. The summed E-state index contributed by atoms with van der Waals surface area (Å²) in [7, 11) is 0. The third-order valence-corrected chi connectivity index (χ3v) is 3.43. The molecule has 5 nitrogen and oxygen atoms in total. The van der Waals surface area contributed by atoms with Crippen LogP contribution in [0.5, 0.6) is 0 Å². The van der Waals surface area contributed by atoms with E-state index in [0.717, 1.165) is 12.8 Å². The van der Waals surface area contributed by atoms with Crippen molar-refractivity contribution >= 4 is 17.4 Å². The molecule has 2 aromatic heterocycles. The summed E-state index contributed by atoms with van der Waals surface area (Å²) < 4.78 is 1.61. The monoisotopic (exact) mass is 245 g/mol. The first-order valence-electron chi connectivity index (χ1n) is 6.22. The van der Waals surface area contributed by atoms with Gasteiger partial charge in [0.15, 0.2) is 11.5 Å². The minimum absolute atomic E-state index is 0.220. The molecule has 1 saturated carbocycles. The van der Waals surface area contributed by atoms with Gasteiger partial charge in [0.2, 0.25) is 0 Å². The van der Waals surface area contributed by atoms with Gasteiger partial charge < -0.3 is 10.4 Å². The van der Waals surface area contributed by atoms with Crippen molar-refractivity contribution in [3.63, 3.8) is 0 Å². The number of fused-ring (bicyclic) bond motifs is 1. The van der Waals surface area contributed by atoms with E-state index in [2.05, 4.69) is 10.3 Å². The number of carbonyl (C=O) groups is 1. The molecule has 2 aromatic rings. The van der Waals surface area contributed by atoms with Gasteiger partial charge in [-0.3, -0.25) is 4.40 Å². The minimum Gasteiger partial charge on any atom is -0.476 e. The average Bonchev–Trinajstić information content (AvgIpc) is 2.95. The zero-order valence-corrected chi connectivity index (χ0v) is 9.97. The predicted octanol–water partition coefficient (Wildman–Crippen LogP) is 2.39. The number of carboxylic acid groups (broad SMARTS) is 1. The van der Waals surface area contributed by atoms with Crippen LogP contribution < -0.4 is 5.32 Å². The lowest BCUT2D eigenvalue weighted by Crippen LogP contribution is -2.17. The zero-order chi connectivity index (χ0) is 12.5. The number of hydrogen-bond acceptors (Lipinski definition) is 3. The SMILES string of the molecule is O=C(O)c1c(NC2CCCC2)nc2ccccn12. The second-order valence-corrected chi connectivity index (χ2v) is 4.67. The molecule has 0 atom stereocenters. The first-order chi connectivity index (χ1) is 8.75. The Morgan fingerprint density at radius 3 is 2.89 bits per heavy atom.